The molecule has 0 aliphatic carbocycles. The van der Waals surface area contributed by atoms with Gasteiger partial charge in [-0.05, 0) is 30.3 Å². The summed E-state index contributed by atoms with van der Waals surface area (Å²) in [6.45, 7) is 0. The molecule has 0 unspecified atom stereocenters. The van der Waals surface area contributed by atoms with Gasteiger partial charge in [0, 0.05) is 10.6 Å². The Hall–Kier alpha value is -2.66. The first-order valence-corrected chi connectivity index (χ1v) is 7.07. The van der Waals surface area contributed by atoms with Crippen molar-refractivity contribution in [2.24, 2.45) is 4.99 Å². The summed E-state index contributed by atoms with van der Waals surface area (Å²) in [7, 11) is 1.49. The standard InChI is InChI=1S/C17H11ClFNO3/c1-22-15-7-6-11(18)9-12(15)16-20-14(17(21)23-16)8-10-4-2-3-5-13(10)19/h2-9H,1H3/b14-8+. The highest BCUT2D eigenvalue weighted by Crippen LogP contribution is 2.28. The maximum Gasteiger partial charge on any atom is 0.363 e. The van der Waals surface area contributed by atoms with E-state index in [9.17, 15) is 9.18 Å². The lowest BCUT2D eigenvalue weighted by atomic mass is 10.2. The van der Waals surface area contributed by atoms with Gasteiger partial charge >= 0.3 is 5.97 Å². The van der Waals surface area contributed by atoms with E-state index >= 15 is 0 Å². The Morgan fingerprint density at radius 3 is 2.78 bits per heavy atom. The molecular formula is C17H11ClFNO3. The van der Waals surface area contributed by atoms with Crippen molar-refractivity contribution >= 4 is 29.5 Å². The lowest BCUT2D eigenvalue weighted by molar-refractivity contribution is -0.129. The van der Waals surface area contributed by atoms with Crippen molar-refractivity contribution in [1.82, 2.24) is 0 Å². The Kier molecular flexibility index (Phi) is 4.12. The highest BCUT2D eigenvalue weighted by atomic mass is 35.5. The van der Waals surface area contributed by atoms with E-state index < -0.39 is 11.8 Å². The van der Waals surface area contributed by atoms with Crippen LogP contribution in [0.1, 0.15) is 11.1 Å². The highest BCUT2D eigenvalue weighted by Gasteiger charge is 2.26. The summed E-state index contributed by atoms with van der Waals surface area (Å²) >= 11 is 5.96. The fourth-order valence-electron chi connectivity index (χ4n) is 2.11. The Labute approximate surface area is 136 Å². The molecule has 0 saturated carbocycles. The number of methoxy groups -OCH3 is 1. The van der Waals surface area contributed by atoms with E-state index in [-0.39, 0.29) is 17.2 Å². The number of nitrogens with zero attached hydrogens (tertiary/aromatic N) is 1. The monoisotopic (exact) mass is 331 g/mol. The van der Waals surface area contributed by atoms with Gasteiger partial charge in [-0.3, -0.25) is 0 Å². The number of benzene rings is 2. The summed E-state index contributed by atoms with van der Waals surface area (Å²) in [5.41, 5.74) is 0.708. The predicted octanol–water partition coefficient (Wildman–Crippen LogP) is 3.83. The van der Waals surface area contributed by atoms with Gasteiger partial charge in [0.25, 0.3) is 0 Å². The van der Waals surface area contributed by atoms with E-state index in [1.165, 1.54) is 19.3 Å². The third kappa shape index (κ3) is 3.10. The molecule has 0 atom stereocenters. The number of rotatable bonds is 3. The second kappa shape index (κ2) is 6.22. The minimum absolute atomic E-state index is 0.00660. The highest BCUT2D eigenvalue weighted by molar-refractivity contribution is 6.31. The third-order valence-corrected chi connectivity index (χ3v) is 3.44. The Balaban J connectivity index is 2.03. The number of carbonyl (C=O) groups excluding carboxylic acids is 1. The van der Waals surface area contributed by atoms with Gasteiger partial charge in [-0.25, -0.2) is 14.2 Å². The second-order valence-electron chi connectivity index (χ2n) is 4.70. The molecule has 1 heterocycles. The van der Waals surface area contributed by atoms with Gasteiger partial charge in [0.05, 0.1) is 12.7 Å². The molecule has 0 bridgehead atoms. The van der Waals surface area contributed by atoms with Gasteiger partial charge in [-0.1, -0.05) is 29.8 Å². The first kappa shape index (κ1) is 15.2. The maximum absolute atomic E-state index is 13.7. The molecular weight excluding hydrogens is 321 g/mol. The van der Waals surface area contributed by atoms with Gasteiger partial charge in [-0.15, -0.1) is 0 Å². The Morgan fingerprint density at radius 1 is 1.26 bits per heavy atom. The largest absolute Gasteiger partial charge is 0.496 e. The molecule has 1 aliphatic rings. The van der Waals surface area contributed by atoms with Crippen LogP contribution in [-0.4, -0.2) is 19.0 Å². The molecule has 3 rings (SSSR count). The maximum atomic E-state index is 13.7. The summed E-state index contributed by atoms with van der Waals surface area (Å²) in [5.74, 6) is -0.577. The van der Waals surface area contributed by atoms with Crippen molar-refractivity contribution in [3.63, 3.8) is 0 Å². The molecule has 23 heavy (non-hydrogen) atoms. The van der Waals surface area contributed by atoms with E-state index in [1.807, 2.05) is 0 Å². The van der Waals surface area contributed by atoms with Gasteiger partial charge in [0.2, 0.25) is 5.90 Å². The number of hydrogen-bond acceptors (Lipinski definition) is 4. The van der Waals surface area contributed by atoms with Crippen LogP contribution < -0.4 is 4.74 Å². The number of esters is 1. The van der Waals surface area contributed by atoms with Crippen LogP contribution in [0.5, 0.6) is 5.75 Å². The topological polar surface area (TPSA) is 47.9 Å². The molecule has 0 amide bonds. The van der Waals surface area contributed by atoms with E-state index in [4.69, 9.17) is 21.1 Å². The minimum atomic E-state index is -0.662. The lowest BCUT2D eigenvalue weighted by Gasteiger charge is -2.07. The van der Waals surface area contributed by atoms with Crippen molar-refractivity contribution in [1.29, 1.82) is 0 Å². The quantitative estimate of drug-likeness (QED) is 0.634. The molecule has 1 aliphatic heterocycles. The molecule has 0 saturated heterocycles. The molecule has 0 aromatic heterocycles. The second-order valence-corrected chi connectivity index (χ2v) is 5.14. The number of aliphatic imine (C=N–C) groups is 1. The number of hydrogen-bond donors (Lipinski definition) is 0. The molecule has 0 fully saturated rings. The summed E-state index contributed by atoms with van der Waals surface area (Å²) in [4.78, 5) is 16.1. The van der Waals surface area contributed by atoms with E-state index in [0.717, 1.165) is 0 Å². The normalized spacial score (nSPS) is 15.5. The predicted molar refractivity (Wildman–Crippen MR) is 85.0 cm³/mol. The third-order valence-electron chi connectivity index (χ3n) is 3.21. The number of halogens is 2. The number of ether oxygens (including phenoxy) is 2. The van der Waals surface area contributed by atoms with Crippen molar-refractivity contribution < 1.29 is 18.7 Å². The molecule has 116 valence electrons. The SMILES string of the molecule is COc1ccc(Cl)cc1C1=N/C(=C/c2ccccc2F)C(=O)O1. The first-order valence-electron chi connectivity index (χ1n) is 6.69. The fraction of sp³-hybridized carbons (Fsp3) is 0.0588. The molecule has 4 nitrogen and oxygen atoms in total. The smallest absolute Gasteiger partial charge is 0.363 e. The van der Waals surface area contributed by atoms with E-state index in [2.05, 4.69) is 4.99 Å². The van der Waals surface area contributed by atoms with Gasteiger partial charge in [0.15, 0.2) is 5.70 Å². The zero-order valence-electron chi connectivity index (χ0n) is 12.0. The molecule has 2 aromatic rings. The van der Waals surface area contributed by atoms with Crippen molar-refractivity contribution in [2.45, 2.75) is 0 Å². The average Bonchev–Trinajstić information content (AvgIpc) is 2.90. The molecule has 0 radical (unpaired) electrons. The summed E-state index contributed by atoms with van der Waals surface area (Å²) < 4.78 is 24.0. The fourth-order valence-corrected chi connectivity index (χ4v) is 2.28. The molecule has 6 heteroatoms. The minimum Gasteiger partial charge on any atom is -0.496 e. The van der Waals surface area contributed by atoms with Crippen LogP contribution in [0.15, 0.2) is 53.2 Å². The van der Waals surface area contributed by atoms with Crippen LogP contribution in [0.3, 0.4) is 0 Å². The molecule has 2 aromatic carbocycles. The van der Waals surface area contributed by atoms with Gasteiger partial charge in [0.1, 0.15) is 11.6 Å². The van der Waals surface area contributed by atoms with Gasteiger partial charge < -0.3 is 9.47 Å². The Bertz CT molecular complexity index is 845. The molecule has 0 N–H and O–H groups in total. The van der Waals surface area contributed by atoms with Crippen LogP contribution in [-0.2, 0) is 9.53 Å². The Morgan fingerprint density at radius 2 is 2.04 bits per heavy atom. The lowest BCUT2D eigenvalue weighted by Crippen LogP contribution is -2.07. The van der Waals surface area contributed by atoms with E-state index in [1.54, 1.807) is 36.4 Å². The number of carbonyl (C=O) groups is 1. The zero-order valence-corrected chi connectivity index (χ0v) is 12.8. The van der Waals surface area contributed by atoms with Crippen LogP contribution >= 0.6 is 11.6 Å². The van der Waals surface area contributed by atoms with Crippen LogP contribution in [0.4, 0.5) is 4.39 Å². The van der Waals surface area contributed by atoms with Crippen molar-refractivity contribution in [3.05, 3.63) is 70.1 Å². The van der Waals surface area contributed by atoms with Crippen LogP contribution in [0, 0.1) is 5.82 Å². The summed E-state index contributed by atoms with van der Waals surface area (Å²) in [5, 5.41) is 0.450. The zero-order chi connectivity index (χ0) is 16.4. The first-order chi connectivity index (χ1) is 11.1. The van der Waals surface area contributed by atoms with Crippen molar-refractivity contribution in [2.75, 3.05) is 7.11 Å². The average molecular weight is 332 g/mol. The van der Waals surface area contributed by atoms with Crippen LogP contribution in [0.25, 0.3) is 6.08 Å². The van der Waals surface area contributed by atoms with Crippen molar-refractivity contribution in [3.8, 4) is 5.75 Å². The molecule has 0 spiro atoms. The van der Waals surface area contributed by atoms with Gasteiger partial charge in [-0.2, -0.15) is 0 Å². The number of cyclic esters (lactones) is 1. The summed E-state index contributed by atoms with van der Waals surface area (Å²) in [6, 6.07) is 11.0. The van der Waals surface area contributed by atoms with Crippen LogP contribution in [0.2, 0.25) is 5.02 Å². The van der Waals surface area contributed by atoms with E-state index in [0.29, 0.717) is 16.3 Å². The summed E-state index contributed by atoms with van der Waals surface area (Å²) in [6.07, 6.45) is 1.34.